The van der Waals surface area contributed by atoms with Gasteiger partial charge in [-0.1, -0.05) is 6.92 Å². The molecule has 4 heteroatoms. The molecule has 0 radical (unpaired) electrons. The first-order valence-corrected chi connectivity index (χ1v) is 5.94. The zero-order chi connectivity index (χ0) is 10.2. The number of rotatable bonds is 7. The van der Waals surface area contributed by atoms with Crippen molar-refractivity contribution in [3.8, 4) is 0 Å². The number of likely N-dealkylation sites (N-methyl/N-ethyl adjacent to an activating group) is 1. The predicted molar refractivity (Wildman–Crippen MR) is 59.8 cm³/mol. The van der Waals surface area contributed by atoms with Crippen molar-refractivity contribution in [2.75, 3.05) is 19.8 Å². The molecule has 1 atom stereocenters. The minimum atomic E-state index is 0.395. The molecular formula is C10H18N2OS. The molecule has 80 valence electrons. The molecule has 0 aromatic carbocycles. The SMILES string of the molecule is CCNC(COCC)Cc1nccs1. The zero-order valence-electron chi connectivity index (χ0n) is 8.82. The summed E-state index contributed by atoms with van der Waals surface area (Å²) in [6.07, 6.45) is 2.81. The van der Waals surface area contributed by atoms with E-state index in [1.54, 1.807) is 11.3 Å². The fraction of sp³-hybridized carbons (Fsp3) is 0.700. The minimum absolute atomic E-state index is 0.395. The third-order valence-corrected chi connectivity index (χ3v) is 2.72. The Labute approximate surface area is 89.5 Å². The lowest BCUT2D eigenvalue weighted by Crippen LogP contribution is -2.35. The lowest BCUT2D eigenvalue weighted by atomic mass is 10.2. The summed E-state index contributed by atoms with van der Waals surface area (Å²) in [6, 6.07) is 0.395. The molecule has 1 aromatic heterocycles. The molecule has 1 rings (SSSR count). The molecule has 1 aromatic rings. The number of hydrogen-bond acceptors (Lipinski definition) is 4. The fourth-order valence-corrected chi connectivity index (χ4v) is 2.00. The van der Waals surface area contributed by atoms with Gasteiger partial charge in [-0.3, -0.25) is 0 Å². The third-order valence-electron chi connectivity index (χ3n) is 1.92. The van der Waals surface area contributed by atoms with Crippen LogP contribution in [0.5, 0.6) is 0 Å². The minimum Gasteiger partial charge on any atom is -0.380 e. The number of aromatic nitrogens is 1. The van der Waals surface area contributed by atoms with Crippen LogP contribution in [-0.4, -0.2) is 30.8 Å². The van der Waals surface area contributed by atoms with Crippen LogP contribution in [0.1, 0.15) is 18.9 Å². The topological polar surface area (TPSA) is 34.1 Å². The summed E-state index contributed by atoms with van der Waals surface area (Å²) in [7, 11) is 0. The molecule has 1 unspecified atom stereocenters. The first kappa shape index (κ1) is 11.6. The van der Waals surface area contributed by atoms with Crippen LogP contribution in [0.2, 0.25) is 0 Å². The maximum Gasteiger partial charge on any atom is 0.0941 e. The second-order valence-corrected chi connectivity index (χ2v) is 4.02. The molecule has 14 heavy (non-hydrogen) atoms. The van der Waals surface area contributed by atoms with Crippen molar-refractivity contribution in [1.82, 2.24) is 10.3 Å². The summed E-state index contributed by atoms with van der Waals surface area (Å²) in [4.78, 5) is 4.27. The molecule has 0 saturated heterocycles. The van der Waals surface area contributed by atoms with Gasteiger partial charge in [0.15, 0.2) is 0 Å². The Kier molecular flexibility index (Phi) is 5.75. The lowest BCUT2D eigenvalue weighted by molar-refractivity contribution is 0.123. The highest BCUT2D eigenvalue weighted by molar-refractivity contribution is 7.09. The van der Waals surface area contributed by atoms with E-state index in [9.17, 15) is 0 Å². The van der Waals surface area contributed by atoms with Crippen LogP contribution in [0, 0.1) is 0 Å². The van der Waals surface area contributed by atoms with E-state index in [1.165, 1.54) is 5.01 Å². The predicted octanol–water partition coefficient (Wildman–Crippen LogP) is 1.70. The standard InChI is InChI=1S/C10H18N2OS/c1-3-11-9(8-13-4-2)7-10-12-5-6-14-10/h5-6,9,11H,3-4,7-8H2,1-2H3. The highest BCUT2D eigenvalue weighted by Gasteiger charge is 2.09. The van der Waals surface area contributed by atoms with Crippen molar-refractivity contribution < 1.29 is 4.74 Å². The summed E-state index contributed by atoms with van der Waals surface area (Å²) in [5.41, 5.74) is 0. The van der Waals surface area contributed by atoms with Crippen molar-refractivity contribution >= 4 is 11.3 Å². The van der Waals surface area contributed by atoms with Gasteiger partial charge in [0.2, 0.25) is 0 Å². The second-order valence-electron chi connectivity index (χ2n) is 3.04. The van der Waals surface area contributed by atoms with Gasteiger partial charge in [0.1, 0.15) is 0 Å². The molecule has 0 aliphatic rings. The van der Waals surface area contributed by atoms with Crippen LogP contribution in [0.15, 0.2) is 11.6 Å². The Balaban J connectivity index is 2.34. The van der Waals surface area contributed by atoms with Gasteiger partial charge in [0.05, 0.1) is 11.6 Å². The zero-order valence-corrected chi connectivity index (χ0v) is 9.64. The molecule has 1 N–H and O–H groups in total. The quantitative estimate of drug-likeness (QED) is 0.750. The maximum atomic E-state index is 5.41. The molecule has 0 saturated carbocycles. The van der Waals surface area contributed by atoms with Crippen molar-refractivity contribution in [2.45, 2.75) is 26.3 Å². The van der Waals surface area contributed by atoms with E-state index in [0.717, 1.165) is 26.2 Å². The molecule has 0 amide bonds. The average molecular weight is 214 g/mol. The Morgan fingerprint density at radius 3 is 3.00 bits per heavy atom. The van der Waals surface area contributed by atoms with Crippen molar-refractivity contribution in [1.29, 1.82) is 0 Å². The van der Waals surface area contributed by atoms with Crippen molar-refractivity contribution in [3.63, 3.8) is 0 Å². The van der Waals surface area contributed by atoms with Gasteiger partial charge in [-0.2, -0.15) is 0 Å². The monoisotopic (exact) mass is 214 g/mol. The number of thiazole rings is 1. The van der Waals surface area contributed by atoms with E-state index in [4.69, 9.17) is 4.74 Å². The first-order chi connectivity index (χ1) is 6.86. The molecule has 0 aliphatic carbocycles. The largest absolute Gasteiger partial charge is 0.380 e. The molecule has 0 bridgehead atoms. The average Bonchev–Trinajstić information content (AvgIpc) is 2.67. The van der Waals surface area contributed by atoms with Gasteiger partial charge >= 0.3 is 0 Å². The normalized spacial score (nSPS) is 13.0. The first-order valence-electron chi connectivity index (χ1n) is 5.06. The van der Waals surface area contributed by atoms with Gasteiger partial charge in [-0.25, -0.2) is 4.98 Å². The van der Waals surface area contributed by atoms with Gasteiger partial charge in [-0.05, 0) is 13.5 Å². The summed E-state index contributed by atoms with van der Waals surface area (Å²) in [5.74, 6) is 0. The van der Waals surface area contributed by atoms with Crippen LogP contribution in [-0.2, 0) is 11.2 Å². The van der Waals surface area contributed by atoms with E-state index < -0.39 is 0 Å². The van der Waals surface area contributed by atoms with Crippen molar-refractivity contribution in [2.24, 2.45) is 0 Å². The van der Waals surface area contributed by atoms with Gasteiger partial charge in [0.25, 0.3) is 0 Å². The van der Waals surface area contributed by atoms with E-state index in [-0.39, 0.29) is 0 Å². The molecule has 0 fully saturated rings. The van der Waals surface area contributed by atoms with E-state index in [1.807, 2.05) is 18.5 Å². The Morgan fingerprint density at radius 2 is 2.43 bits per heavy atom. The third kappa shape index (κ3) is 4.17. The van der Waals surface area contributed by atoms with Crippen LogP contribution in [0.4, 0.5) is 0 Å². The van der Waals surface area contributed by atoms with E-state index >= 15 is 0 Å². The fourth-order valence-electron chi connectivity index (χ4n) is 1.30. The van der Waals surface area contributed by atoms with Gasteiger partial charge < -0.3 is 10.1 Å². The van der Waals surface area contributed by atoms with Crippen molar-refractivity contribution in [3.05, 3.63) is 16.6 Å². The molecule has 3 nitrogen and oxygen atoms in total. The number of hydrogen-bond donors (Lipinski definition) is 1. The highest BCUT2D eigenvalue weighted by Crippen LogP contribution is 2.07. The molecular weight excluding hydrogens is 196 g/mol. The maximum absolute atomic E-state index is 5.41. The van der Waals surface area contributed by atoms with Crippen LogP contribution in [0.3, 0.4) is 0 Å². The van der Waals surface area contributed by atoms with E-state index in [2.05, 4.69) is 17.2 Å². The summed E-state index contributed by atoms with van der Waals surface area (Å²) in [6.45, 7) is 6.65. The van der Waals surface area contributed by atoms with Gasteiger partial charge in [0, 0.05) is 30.6 Å². The Morgan fingerprint density at radius 1 is 1.57 bits per heavy atom. The number of ether oxygens (including phenoxy) is 1. The second kappa shape index (κ2) is 6.92. The molecule has 1 heterocycles. The Hall–Kier alpha value is -0.450. The molecule has 0 spiro atoms. The van der Waals surface area contributed by atoms with Gasteiger partial charge in [-0.15, -0.1) is 11.3 Å². The highest BCUT2D eigenvalue weighted by atomic mass is 32.1. The van der Waals surface area contributed by atoms with Crippen LogP contribution in [0.25, 0.3) is 0 Å². The Bertz CT molecular complexity index is 226. The number of nitrogens with one attached hydrogen (secondary N) is 1. The van der Waals surface area contributed by atoms with Crippen LogP contribution < -0.4 is 5.32 Å². The van der Waals surface area contributed by atoms with E-state index in [0.29, 0.717) is 6.04 Å². The smallest absolute Gasteiger partial charge is 0.0941 e. The van der Waals surface area contributed by atoms with Crippen LogP contribution >= 0.6 is 11.3 Å². The number of nitrogens with zero attached hydrogens (tertiary/aromatic N) is 1. The molecule has 0 aliphatic heterocycles. The summed E-state index contributed by atoms with van der Waals surface area (Å²) in [5, 5.41) is 6.59. The summed E-state index contributed by atoms with van der Waals surface area (Å²) < 4.78 is 5.41. The lowest BCUT2D eigenvalue weighted by Gasteiger charge is -2.15. The summed E-state index contributed by atoms with van der Waals surface area (Å²) >= 11 is 1.70.